The SMILES string of the molecule is CCCCOC(=O)CC1CCc2cc(NC(=O)c3ccc(C=NN4CCN(C)CC4)cc3)ccc2C1. The molecule has 1 N–H and O–H groups in total. The van der Waals surface area contributed by atoms with Crippen LogP contribution >= 0.6 is 0 Å². The minimum absolute atomic E-state index is 0.0857. The highest BCUT2D eigenvalue weighted by Crippen LogP contribution is 2.30. The fraction of sp³-hybridized carbons (Fsp3) is 0.483. The van der Waals surface area contributed by atoms with Gasteiger partial charge < -0.3 is 15.0 Å². The van der Waals surface area contributed by atoms with E-state index >= 15 is 0 Å². The van der Waals surface area contributed by atoms with E-state index in [0.717, 1.165) is 69.5 Å². The fourth-order valence-corrected chi connectivity index (χ4v) is 4.69. The molecule has 0 radical (unpaired) electrons. The summed E-state index contributed by atoms with van der Waals surface area (Å²) in [7, 11) is 2.13. The van der Waals surface area contributed by atoms with Crippen LogP contribution in [0.5, 0.6) is 0 Å². The van der Waals surface area contributed by atoms with Crippen LogP contribution in [0.1, 0.15) is 59.7 Å². The highest BCUT2D eigenvalue weighted by Gasteiger charge is 2.22. The number of amides is 1. The van der Waals surface area contributed by atoms with E-state index in [4.69, 9.17) is 4.74 Å². The average Bonchev–Trinajstić information content (AvgIpc) is 2.89. The van der Waals surface area contributed by atoms with Gasteiger partial charge in [0.05, 0.1) is 12.8 Å². The van der Waals surface area contributed by atoms with Crippen LogP contribution in [0, 0.1) is 5.92 Å². The first kappa shape index (κ1) is 25.9. The second-order valence-corrected chi connectivity index (χ2v) is 9.95. The van der Waals surface area contributed by atoms with Crippen molar-refractivity contribution in [1.82, 2.24) is 9.91 Å². The molecule has 7 heteroatoms. The van der Waals surface area contributed by atoms with Gasteiger partial charge in [-0.2, -0.15) is 5.10 Å². The topological polar surface area (TPSA) is 74.2 Å². The highest BCUT2D eigenvalue weighted by molar-refractivity contribution is 6.04. The molecular formula is C29H38N4O3. The number of fused-ring (bicyclic) bond motifs is 1. The molecular weight excluding hydrogens is 452 g/mol. The minimum atomic E-state index is -0.124. The first-order chi connectivity index (χ1) is 17.5. The zero-order valence-corrected chi connectivity index (χ0v) is 21.5. The zero-order valence-electron chi connectivity index (χ0n) is 21.5. The summed E-state index contributed by atoms with van der Waals surface area (Å²) in [6, 6.07) is 13.6. The molecule has 0 saturated carbocycles. The van der Waals surface area contributed by atoms with Crippen LogP contribution in [0.15, 0.2) is 47.6 Å². The average molecular weight is 491 g/mol. The van der Waals surface area contributed by atoms with E-state index < -0.39 is 0 Å². The number of benzene rings is 2. The van der Waals surface area contributed by atoms with Crippen LogP contribution in [0.3, 0.4) is 0 Å². The lowest BCUT2D eigenvalue weighted by atomic mass is 9.82. The van der Waals surface area contributed by atoms with Gasteiger partial charge in [-0.05, 0) is 79.6 Å². The van der Waals surface area contributed by atoms with Crippen molar-refractivity contribution in [3.63, 3.8) is 0 Å². The van der Waals surface area contributed by atoms with E-state index in [1.54, 1.807) is 0 Å². The number of carbonyl (C=O) groups is 2. The number of nitrogens with zero attached hydrogens (tertiary/aromatic N) is 3. The molecule has 36 heavy (non-hydrogen) atoms. The van der Waals surface area contributed by atoms with Crippen molar-refractivity contribution < 1.29 is 14.3 Å². The summed E-state index contributed by atoms with van der Waals surface area (Å²) in [5.74, 6) is 0.115. The molecule has 1 aliphatic carbocycles. The number of ether oxygens (including phenoxy) is 1. The third-order valence-corrected chi connectivity index (χ3v) is 7.03. The van der Waals surface area contributed by atoms with Gasteiger partial charge in [-0.15, -0.1) is 0 Å². The van der Waals surface area contributed by atoms with Gasteiger partial charge in [-0.3, -0.25) is 14.6 Å². The maximum Gasteiger partial charge on any atom is 0.306 e. The standard InChI is InChI=1S/C29H38N4O3/c1-3-4-17-36-28(34)19-23-7-10-26-20-27(12-11-25(26)18-23)31-29(35)24-8-5-22(6-9-24)21-30-33-15-13-32(2)14-16-33/h5-6,8-9,11-12,20-21,23H,3-4,7,10,13-19H2,1-2H3,(H,31,35). The maximum atomic E-state index is 12.8. The van der Waals surface area contributed by atoms with Crippen LogP contribution in [0.4, 0.5) is 5.69 Å². The number of rotatable bonds is 9. The smallest absolute Gasteiger partial charge is 0.306 e. The molecule has 2 aliphatic rings. The quantitative estimate of drug-likeness (QED) is 0.321. The molecule has 1 amide bonds. The van der Waals surface area contributed by atoms with E-state index in [-0.39, 0.29) is 11.9 Å². The number of hydrogen-bond donors (Lipinski definition) is 1. The molecule has 1 heterocycles. The third-order valence-electron chi connectivity index (χ3n) is 7.03. The van der Waals surface area contributed by atoms with Gasteiger partial charge in [0.2, 0.25) is 0 Å². The van der Waals surface area contributed by atoms with Crippen molar-refractivity contribution in [1.29, 1.82) is 0 Å². The molecule has 2 aromatic carbocycles. The lowest BCUT2D eigenvalue weighted by Crippen LogP contribution is -2.41. The van der Waals surface area contributed by atoms with Crippen molar-refractivity contribution in [3.8, 4) is 0 Å². The van der Waals surface area contributed by atoms with Crippen LogP contribution < -0.4 is 5.32 Å². The zero-order chi connectivity index (χ0) is 25.3. The lowest BCUT2D eigenvalue weighted by Gasteiger charge is -2.30. The normalized spacial score (nSPS) is 18.2. The lowest BCUT2D eigenvalue weighted by molar-refractivity contribution is -0.145. The Bertz CT molecular complexity index is 1060. The summed E-state index contributed by atoms with van der Waals surface area (Å²) in [5, 5.41) is 9.67. The number of hydrogen-bond acceptors (Lipinski definition) is 6. The number of piperazine rings is 1. The Morgan fingerprint density at radius 3 is 2.61 bits per heavy atom. The molecule has 1 atom stereocenters. The summed E-state index contributed by atoms with van der Waals surface area (Å²) in [6.45, 7) is 6.52. The summed E-state index contributed by atoms with van der Waals surface area (Å²) in [5.41, 5.74) is 4.90. The van der Waals surface area contributed by atoms with E-state index in [9.17, 15) is 9.59 Å². The molecule has 4 rings (SSSR count). The molecule has 1 fully saturated rings. The van der Waals surface area contributed by atoms with Gasteiger partial charge in [0, 0.05) is 43.9 Å². The Hall–Kier alpha value is -3.19. The largest absolute Gasteiger partial charge is 0.466 e. The summed E-state index contributed by atoms with van der Waals surface area (Å²) < 4.78 is 5.33. The van der Waals surface area contributed by atoms with Crippen LogP contribution in [-0.4, -0.2) is 67.8 Å². The number of carbonyl (C=O) groups excluding carboxylic acids is 2. The van der Waals surface area contributed by atoms with Gasteiger partial charge in [0.15, 0.2) is 0 Å². The Morgan fingerprint density at radius 1 is 1.08 bits per heavy atom. The number of hydrazone groups is 1. The number of aryl methyl sites for hydroxylation is 1. The second kappa shape index (κ2) is 12.7. The highest BCUT2D eigenvalue weighted by atomic mass is 16.5. The minimum Gasteiger partial charge on any atom is -0.466 e. The van der Waals surface area contributed by atoms with E-state index in [1.807, 2.05) is 36.5 Å². The molecule has 7 nitrogen and oxygen atoms in total. The number of nitrogens with one attached hydrogen (secondary N) is 1. The summed E-state index contributed by atoms with van der Waals surface area (Å²) in [6.07, 6.45) is 7.04. The van der Waals surface area contributed by atoms with Crippen molar-refractivity contribution in [2.75, 3.05) is 45.2 Å². The predicted molar refractivity (Wildman–Crippen MR) is 144 cm³/mol. The number of anilines is 1. The van der Waals surface area contributed by atoms with Gasteiger partial charge in [-0.25, -0.2) is 0 Å². The summed E-state index contributed by atoms with van der Waals surface area (Å²) >= 11 is 0. The van der Waals surface area contributed by atoms with Crippen molar-refractivity contribution in [3.05, 3.63) is 64.7 Å². The van der Waals surface area contributed by atoms with Crippen molar-refractivity contribution in [2.24, 2.45) is 11.0 Å². The molecule has 0 aromatic heterocycles. The van der Waals surface area contributed by atoms with Gasteiger partial charge >= 0.3 is 5.97 Å². The van der Waals surface area contributed by atoms with E-state index in [1.165, 1.54) is 11.1 Å². The molecule has 192 valence electrons. The van der Waals surface area contributed by atoms with Gasteiger partial charge in [0.25, 0.3) is 5.91 Å². The Morgan fingerprint density at radius 2 is 1.86 bits per heavy atom. The van der Waals surface area contributed by atoms with Crippen LogP contribution in [0.25, 0.3) is 0 Å². The Balaban J connectivity index is 1.28. The number of likely N-dealkylation sites (N-methyl/N-ethyl adjacent to an activating group) is 1. The molecule has 1 unspecified atom stereocenters. The van der Waals surface area contributed by atoms with Gasteiger partial charge in [-0.1, -0.05) is 31.5 Å². The Labute approximate surface area is 214 Å². The van der Waals surface area contributed by atoms with Crippen molar-refractivity contribution in [2.45, 2.75) is 45.4 Å². The van der Waals surface area contributed by atoms with Crippen LogP contribution in [-0.2, 0) is 22.4 Å². The first-order valence-corrected chi connectivity index (χ1v) is 13.2. The third kappa shape index (κ3) is 7.40. The van der Waals surface area contributed by atoms with E-state index in [0.29, 0.717) is 24.5 Å². The van der Waals surface area contributed by atoms with Crippen molar-refractivity contribution >= 4 is 23.8 Å². The maximum absolute atomic E-state index is 12.8. The molecule has 2 aromatic rings. The predicted octanol–water partition coefficient (Wildman–Crippen LogP) is 4.36. The first-order valence-electron chi connectivity index (χ1n) is 13.2. The summed E-state index contributed by atoms with van der Waals surface area (Å²) in [4.78, 5) is 27.2. The number of unbranched alkanes of at least 4 members (excludes halogenated alkanes) is 1. The Kier molecular flexibility index (Phi) is 9.11. The fourth-order valence-electron chi connectivity index (χ4n) is 4.69. The monoisotopic (exact) mass is 490 g/mol. The van der Waals surface area contributed by atoms with Crippen LogP contribution in [0.2, 0.25) is 0 Å². The molecule has 0 bridgehead atoms. The molecule has 1 saturated heterocycles. The van der Waals surface area contributed by atoms with E-state index in [2.05, 4.69) is 46.4 Å². The molecule has 0 spiro atoms. The van der Waals surface area contributed by atoms with Gasteiger partial charge in [0.1, 0.15) is 0 Å². The number of esters is 1. The second-order valence-electron chi connectivity index (χ2n) is 9.95. The molecule has 1 aliphatic heterocycles.